The van der Waals surface area contributed by atoms with Crippen LogP contribution in [-0.2, 0) is 66.9 Å². The fourth-order valence-electron chi connectivity index (χ4n) is 0.827. The first-order valence-electron chi connectivity index (χ1n) is 6.73. The van der Waals surface area contributed by atoms with Crippen molar-refractivity contribution < 1.29 is 140 Å². The van der Waals surface area contributed by atoms with Gasteiger partial charge in [0, 0.05) is 0 Å². The smallest absolute Gasteiger partial charge is 0.789 e. The van der Waals surface area contributed by atoms with Gasteiger partial charge in [-0.1, -0.05) is 0 Å². The monoisotopic (exact) mass is 822 g/mol. The van der Waals surface area contributed by atoms with Crippen LogP contribution in [0.4, 0.5) is 0 Å². The van der Waals surface area contributed by atoms with Gasteiger partial charge in [-0.2, -0.15) is 12.9 Å². The average molecular weight is 822 g/mol. The van der Waals surface area contributed by atoms with E-state index in [1.807, 2.05) is 0 Å². The van der Waals surface area contributed by atoms with E-state index in [0.29, 0.717) is 0 Å². The summed E-state index contributed by atoms with van der Waals surface area (Å²) >= 11 is 0. The van der Waals surface area contributed by atoms with Crippen LogP contribution in [0.15, 0.2) is 0 Å². The van der Waals surface area contributed by atoms with Crippen molar-refractivity contribution in [3.63, 3.8) is 0 Å². The first kappa shape index (κ1) is 52.8. The molecular weight excluding hydrogens is 813 g/mol. The third kappa shape index (κ3) is 46.8. The van der Waals surface area contributed by atoms with Crippen LogP contribution in [-0.4, -0.2) is 78.8 Å². The third-order valence-corrected chi connectivity index (χ3v) is 11.1. The van der Waals surface area contributed by atoms with Crippen molar-refractivity contribution in [1.29, 1.82) is 0 Å². The molecule has 0 amide bonds. The van der Waals surface area contributed by atoms with Crippen LogP contribution in [0.1, 0.15) is 0 Å². The molecular formula is H9Al2O30P9. The summed E-state index contributed by atoms with van der Waals surface area (Å²) in [5, 5.41) is 0. The second-order valence-corrected chi connectivity index (χ2v) is 17.1. The number of hydrogen-bond acceptors (Lipinski definition) is 21. The molecule has 0 bridgehead atoms. The van der Waals surface area contributed by atoms with E-state index < -0.39 is 70.4 Å². The van der Waals surface area contributed by atoms with Gasteiger partial charge in [-0.15, -0.1) is 0 Å². The van der Waals surface area contributed by atoms with Crippen molar-refractivity contribution in [3.8, 4) is 0 Å². The normalized spacial score (nSPS) is 17.3. The minimum atomic E-state index is -5.85. The molecule has 3 unspecified atom stereocenters. The van der Waals surface area contributed by atoms with Crippen LogP contribution in [0.3, 0.4) is 0 Å². The maximum Gasteiger partial charge on any atom is 3.00 e. The molecule has 0 aliphatic rings. The Balaban J connectivity index is -0.000000154. The molecule has 0 aromatic rings. The molecule has 0 heterocycles. The first-order valence-corrected chi connectivity index (χ1v) is 20.2. The Kier molecular flexibility index (Phi) is 23.9. The SMILES string of the molecule is O=P([O-])([O-])OP(=O)(O)OP(=O)(O)O.O=P([O-])([O-])OP(=O)(O)OP(=O)(O)O.O=P([O-])([O-])OP(=O)(O)OP(=O)(O)O.[Al+3].[Al+3]. The molecule has 41 heavy (non-hydrogen) atoms. The predicted molar refractivity (Wildman–Crippen MR) is 106 cm³/mol. The van der Waals surface area contributed by atoms with Gasteiger partial charge in [0.25, 0.3) is 0 Å². The van der Waals surface area contributed by atoms with Crippen molar-refractivity contribution >= 4 is 105 Å². The Morgan fingerprint density at radius 2 is 0.439 bits per heavy atom. The summed E-state index contributed by atoms with van der Waals surface area (Å²) in [7, 11) is -50.6. The van der Waals surface area contributed by atoms with Gasteiger partial charge in [0.2, 0.25) is 0 Å². The van der Waals surface area contributed by atoms with E-state index in [-0.39, 0.29) is 34.7 Å². The summed E-state index contributed by atoms with van der Waals surface area (Å²) in [6.07, 6.45) is 0. The maximum atomic E-state index is 10.3. The quantitative estimate of drug-likeness (QED) is 0.0652. The summed E-state index contributed by atoms with van der Waals surface area (Å²) < 4.78 is 107. The molecule has 0 aromatic carbocycles. The van der Waals surface area contributed by atoms with Crippen molar-refractivity contribution in [2.24, 2.45) is 0 Å². The van der Waals surface area contributed by atoms with Crippen LogP contribution in [0.5, 0.6) is 0 Å². The Hall–Kier alpha value is 2.29. The minimum absolute atomic E-state index is 0. The molecule has 9 N–H and O–H groups in total. The molecule has 0 fully saturated rings. The zero-order valence-electron chi connectivity index (χ0n) is 17.8. The molecule has 30 nitrogen and oxygen atoms in total. The first-order chi connectivity index (χ1) is 16.2. The number of rotatable bonds is 12. The fraction of sp³-hybridized carbons (Fsp3) is 0. The summed E-state index contributed by atoms with van der Waals surface area (Å²) in [5.74, 6) is 0. The molecule has 0 radical (unpaired) electrons. The van der Waals surface area contributed by atoms with E-state index in [2.05, 4.69) is 25.9 Å². The Labute approximate surface area is 245 Å². The van der Waals surface area contributed by atoms with Gasteiger partial charge in [-0.25, -0.2) is 27.4 Å². The van der Waals surface area contributed by atoms with Gasteiger partial charge in [0.05, 0.1) is 23.5 Å². The van der Waals surface area contributed by atoms with E-state index >= 15 is 0 Å². The maximum absolute atomic E-state index is 10.3. The molecule has 3 atom stereocenters. The minimum Gasteiger partial charge on any atom is -0.789 e. The molecule has 240 valence electrons. The summed E-state index contributed by atoms with van der Waals surface area (Å²) in [5.41, 5.74) is 0. The van der Waals surface area contributed by atoms with Crippen molar-refractivity contribution in [1.82, 2.24) is 0 Å². The zero-order valence-corrected chi connectivity index (χ0v) is 28.1. The van der Waals surface area contributed by atoms with Gasteiger partial charge in [0.15, 0.2) is 0 Å². The summed E-state index contributed by atoms with van der Waals surface area (Å²) in [6, 6.07) is 0. The summed E-state index contributed by atoms with van der Waals surface area (Å²) in [4.78, 5) is 131. The Morgan fingerprint density at radius 1 is 0.317 bits per heavy atom. The molecule has 0 aliphatic heterocycles. The fourth-order valence-corrected chi connectivity index (χ4v) is 8.25. The van der Waals surface area contributed by atoms with Crippen molar-refractivity contribution in [2.75, 3.05) is 0 Å². The topological polar surface area (TPSA) is 529 Å². The van der Waals surface area contributed by atoms with Gasteiger partial charge in [-0.05, 0) is 0 Å². The standard InChI is InChI=1S/2Al.3H5O10P3/c;;3*1-11(2,3)9-13(7,8)10-12(4,5)6/h;;3*(H,7,8)(H2,1,2,3)(H2,4,5,6)/q2*+3;;;/p-6. The Morgan fingerprint density at radius 3 is 0.512 bits per heavy atom. The number of phosphoric acid groups is 9. The largest absolute Gasteiger partial charge is 3.00 e. The average Bonchev–Trinajstić information content (AvgIpc) is 2.28. The predicted octanol–water partition coefficient (Wildman–Crippen LogP) is -6.64. The Bertz CT molecular complexity index is 980. The summed E-state index contributed by atoms with van der Waals surface area (Å²) in [6.45, 7) is 0. The van der Waals surface area contributed by atoms with Crippen LogP contribution >= 0.6 is 70.4 Å². The van der Waals surface area contributed by atoms with Gasteiger partial charge in [0.1, 0.15) is 0 Å². The molecule has 0 rings (SSSR count). The van der Waals surface area contributed by atoms with Gasteiger partial charge < -0.3 is 87.1 Å². The van der Waals surface area contributed by atoms with Crippen molar-refractivity contribution in [3.05, 3.63) is 0 Å². The van der Waals surface area contributed by atoms with Crippen LogP contribution in [0.25, 0.3) is 0 Å². The van der Waals surface area contributed by atoms with Gasteiger partial charge >= 0.3 is 81.7 Å². The molecule has 0 saturated heterocycles. The molecule has 0 saturated carbocycles. The second-order valence-electron chi connectivity index (χ2n) is 4.71. The van der Waals surface area contributed by atoms with Crippen LogP contribution in [0.2, 0.25) is 0 Å². The second kappa shape index (κ2) is 18.6. The molecule has 0 aromatic heterocycles. The van der Waals surface area contributed by atoms with E-state index in [4.69, 9.17) is 44.0 Å². The van der Waals surface area contributed by atoms with E-state index in [1.165, 1.54) is 0 Å². The number of hydrogen-bond donors (Lipinski definition) is 9. The molecule has 41 heteroatoms. The molecule has 0 spiro atoms. The van der Waals surface area contributed by atoms with Crippen LogP contribution in [0, 0.1) is 0 Å². The van der Waals surface area contributed by atoms with E-state index in [1.54, 1.807) is 0 Å². The van der Waals surface area contributed by atoms with Crippen molar-refractivity contribution in [2.45, 2.75) is 0 Å². The molecule has 0 aliphatic carbocycles. The van der Waals surface area contributed by atoms with E-state index in [0.717, 1.165) is 0 Å². The third-order valence-electron chi connectivity index (χ3n) is 1.24. The van der Waals surface area contributed by atoms with E-state index in [9.17, 15) is 70.4 Å². The van der Waals surface area contributed by atoms with Crippen LogP contribution < -0.4 is 29.4 Å². The zero-order chi connectivity index (χ0) is 32.7. The van der Waals surface area contributed by atoms with Gasteiger partial charge in [-0.3, -0.25) is 12.9 Å².